The number of quaternary nitrogens is 1. The van der Waals surface area contributed by atoms with Crippen LogP contribution in [0.5, 0.6) is 0 Å². The van der Waals surface area contributed by atoms with Crippen molar-refractivity contribution in [3.63, 3.8) is 0 Å². The summed E-state index contributed by atoms with van der Waals surface area (Å²) in [7, 11) is 1.47. The van der Waals surface area contributed by atoms with Crippen LogP contribution in [0.25, 0.3) is 0 Å². The van der Waals surface area contributed by atoms with Crippen LogP contribution in [0.3, 0.4) is 0 Å². The molecule has 72 heavy (non-hydrogen) atoms. The Bertz CT molecular complexity index is 1510. The largest absolute Gasteiger partial charge is 0.472 e. The van der Waals surface area contributed by atoms with Crippen molar-refractivity contribution in [1.29, 1.82) is 0 Å². The summed E-state index contributed by atoms with van der Waals surface area (Å²) >= 11 is 0. The lowest BCUT2D eigenvalue weighted by molar-refractivity contribution is -0.870. The van der Waals surface area contributed by atoms with Crippen molar-refractivity contribution in [2.24, 2.45) is 0 Å². The predicted molar refractivity (Wildman–Crippen MR) is 309 cm³/mol. The van der Waals surface area contributed by atoms with Gasteiger partial charge in [0, 0.05) is 12.8 Å². The fourth-order valence-electron chi connectivity index (χ4n) is 8.06. The minimum absolute atomic E-state index is 0.0317. The zero-order valence-corrected chi connectivity index (χ0v) is 48.3. The second-order valence-corrected chi connectivity index (χ2v) is 22.3. The molecule has 1 amide bonds. The molecule has 0 saturated heterocycles. The van der Waals surface area contributed by atoms with Gasteiger partial charge in [-0.15, -0.1) is 0 Å². The van der Waals surface area contributed by atoms with Crippen molar-refractivity contribution in [3.05, 3.63) is 85.1 Å². The molecule has 3 atom stereocenters. The van der Waals surface area contributed by atoms with Crippen LogP contribution in [0.15, 0.2) is 85.1 Å². The summed E-state index contributed by atoms with van der Waals surface area (Å²) < 4.78 is 30.6. The maximum absolute atomic E-state index is 13.5. The lowest BCUT2D eigenvalue weighted by Gasteiger charge is -2.27. The Morgan fingerprint density at radius 2 is 0.944 bits per heavy atom. The average molecular weight is 1030 g/mol. The summed E-state index contributed by atoms with van der Waals surface area (Å²) in [5.74, 6) is -0.537. The standard InChI is InChI=1S/C62H111N2O7P/c1-7-10-13-16-19-22-25-28-30-31-32-33-35-36-39-42-45-48-51-54-61(65)63-59(58-70-72(67,68)69-57-56-64(4,5)6)60(53-50-47-44-41-38-27-24-21-18-15-12-9-3)71-62(66)55-52-49-46-43-40-37-34-29-26-23-20-17-14-11-8-2/h11,14,17,19-20,22-23,26,28,30,32-33,50,53,59-60H,7-10,12-13,15-16,18,21,24-25,27,29,31,34-49,51-52,54-58H2,1-6H3,(H-,63,65,67,68)/p+1/b14-11+,20-17+,22-19-,26-23+,30-28-,33-32-,53-50-. The van der Waals surface area contributed by atoms with E-state index in [1.807, 2.05) is 33.3 Å². The SMILES string of the molecule is CC/C=C/C=C/C=C/CCCCCCCCCC(=O)OC(/C=C\CCCCCCCCCCCC)C(COP(=O)(O)OCC[N+](C)(C)C)NC(=O)CCCCCCCC/C=C\C/C=C\C/C=C\CCCCC. The third-order valence-corrected chi connectivity index (χ3v) is 13.6. The molecule has 10 heteroatoms. The number of carbonyl (C=O) groups excluding carboxylic acids is 2. The first-order valence-corrected chi connectivity index (χ1v) is 30.9. The van der Waals surface area contributed by atoms with Crippen molar-refractivity contribution < 1.29 is 37.3 Å². The van der Waals surface area contributed by atoms with Crippen molar-refractivity contribution in [2.45, 2.75) is 258 Å². The van der Waals surface area contributed by atoms with E-state index >= 15 is 0 Å². The molecule has 0 saturated carbocycles. The summed E-state index contributed by atoms with van der Waals surface area (Å²) in [6, 6.07) is -0.864. The molecule has 0 rings (SSSR count). The zero-order valence-electron chi connectivity index (χ0n) is 47.4. The highest BCUT2D eigenvalue weighted by Gasteiger charge is 2.30. The molecule has 9 nitrogen and oxygen atoms in total. The Morgan fingerprint density at radius 3 is 1.47 bits per heavy atom. The lowest BCUT2D eigenvalue weighted by atomic mass is 10.0. The maximum atomic E-state index is 13.5. The highest BCUT2D eigenvalue weighted by Crippen LogP contribution is 2.43. The number of amides is 1. The van der Waals surface area contributed by atoms with Crippen LogP contribution in [-0.4, -0.2) is 74.3 Å². The first-order valence-electron chi connectivity index (χ1n) is 29.4. The number of nitrogens with one attached hydrogen (secondary N) is 1. The number of hydrogen-bond donors (Lipinski definition) is 2. The van der Waals surface area contributed by atoms with E-state index in [0.717, 1.165) is 109 Å². The average Bonchev–Trinajstić information content (AvgIpc) is 3.34. The summed E-state index contributed by atoms with van der Waals surface area (Å²) in [6.07, 6.45) is 67.1. The Labute approximate surface area is 444 Å². The molecular weight excluding hydrogens is 916 g/mol. The van der Waals surface area contributed by atoms with Crippen molar-refractivity contribution >= 4 is 19.7 Å². The smallest absolute Gasteiger partial charge is 0.456 e. The number of likely N-dealkylation sites (N-methyl/N-ethyl adjacent to an activating group) is 1. The number of esters is 1. The number of phosphoric ester groups is 1. The van der Waals surface area contributed by atoms with Crippen molar-refractivity contribution in [1.82, 2.24) is 5.32 Å². The van der Waals surface area contributed by atoms with E-state index in [4.69, 9.17) is 13.8 Å². The van der Waals surface area contributed by atoms with Gasteiger partial charge in [0.1, 0.15) is 19.3 Å². The molecule has 0 fully saturated rings. The molecule has 0 heterocycles. The van der Waals surface area contributed by atoms with Crippen LogP contribution in [0.1, 0.15) is 245 Å². The van der Waals surface area contributed by atoms with Crippen molar-refractivity contribution in [3.8, 4) is 0 Å². The highest BCUT2D eigenvalue weighted by atomic mass is 31.2. The van der Waals surface area contributed by atoms with Gasteiger partial charge in [0.05, 0.1) is 33.8 Å². The number of rotatable bonds is 52. The van der Waals surface area contributed by atoms with Crippen LogP contribution in [0.2, 0.25) is 0 Å². The van der Waals surface area contributed by atoms with Crippen LogP contribution >= 0.6 is 7.82 Å². The second-order valence-electron chi connectivity index (χ2n) is 20.8. The summed E-state index contributed by atoms with van der Waals surface area (Å²) in [5, 5.41) is 3.04. The number of ether oxygens (including phenoxy) is 1. The zero-order chi connectivity index (χ0) is 52.9. The first-order chi connectivity index (χ1) is 34.9. The van der Waals surface area contributed by atoms with Gasteiger partial charge in [0.15, 0.2) is 0 Å². The molecular formula is C62H112N2O7P+. The van der Waals surface area contributed by atoms with E-state index in [2.05, 4.69) is 99.0 Å². The van der Waals surface area contributed by atoms with E-state index in [0.29, 0.717) is 17.4 Å². The Balaban J connectivity index is 5.35. The van der Waals surface area contributed by atoms with Gasteiger partial charge in [-0.2, -0.15) is 0 Å². The molecule has 0 bridgehead atoms. The van der Waals surface area contributed by atoms with E-state index in [1.165, 1.54) is 103 Å². The number of phosphoric acid groups is 1. The summed E-state index contributed by atoms with van der Waals surface area (Å²) in [5.41, 5.74) is 0. The number of unbranched alkanes of at least 4 members (excludes halogenated alkanes) is 26. The van der Waals surface area contributed by atoms with Gasteiger partial charge < -0.3 is 19.4 Å². The quantitative estimate of drug-likeness (QED) is 0.0156. The second kappa shape index (κ2) is 51.7. The Morgan fingerprint density at radius 1 is 0.514 bits per heavy atom. The van der Waals surface area contributed by atoms with Crippen LogP contribution < -0.4 is 5.32 Å². The molecule has 0 radical (unpaired) electrons. The molecule has 0 aromatic carbocycles. The molecule has 416 valence electrons. The number of allylic oxidation sites excluding steroid dienone is 13. The molecule has 0 aliphatic carbocycles. The highest BCUT2D eigenvalue weighted by molar-refractivity contribution is 7.47. The third-order valence-electron chi connectivity index (χ3n) is 12.6. The van der Waals surface area contributed by atoms with Gasteiger partial charge in [0.25, 0.3) is 0 Å². The summed E-state index contributed by atoms with van der Waals surface area (Å²) in [6.45, 7) is 6.83. The van der Waals surface area contributed by atoms with E-state index < -0.39 is 20.0 Å². The minimum atomic E-state index is -4.46. The van der Waals surface area contributed by atoms with Gasteiger partial charge in [-0.1, -0.05) is 228 Å². The molecule has 0 aliphatic heterocycles. The molecule has 0 aliphatic rings. The van der Waals surface area contributed by atoms with Gasteiger partial charge >= 0.3 is 13.8 Å². The fourth-order valence-corrected chi connectivity index (χ4v) is 8.80. The first kappa shape index (κ1) is 69.2. The molecule has 2 N–H and O–H groups in total. The fraction of sp³-hybridized carbons (Fsp3) is 0.742. The summed E-state index contributed by atoms with van der Waals surface area (Å²) in [4.78, 5) is 37.6. The predicted octanol–water partition coefficient (Wildman–Crippen LogP) is 17.8. The normalized spacial score (nSPS) is 14.4. The maximum Gasteiger partial charge on any atom is 0.472 e. The van der Waals surface area contributed by atoms with Crippen molar-refractivity contribution in [2.75, 3.05) is 40.9 Å². The van der Waals surface area contributed by atoms with Gasteiger partial charge in [0.2, 0.25) is 5.91 Å². The number of carbonyl (C=O) groups is 2. The van der Waals surface area contributed by atoms with Gasteiger partial charge in [-0.25, -0.2) is 4.57 Å². The van der Waals surface area contributed by atoms with Gasteiger partial charge in [-0.05, 0) is 89.5 Å². The number of nitrogens with zero attached hydrogens (tertiary/aromatic N) is 1. The molecule has 3 unspecified atom stereocenters. The molecule has 0 aromatic rings. The number of hydrogen-bond acceptors (Lipinski definition) is 6. The van der Waals surface area contributed by atoms with E-state index in [1.54, 1.807) is 0 Å². The lowest BCUT2D eigenvalue weighted by Crippen LogP contribution is -2.47. The van der Waals surface area contributed by atoms with Crippen LogP contribution in [0.4, 0.5) is 0 Å². The molecule has 0 spiro atoms. The Kier molecular flexibility index (Phi) is 49.6. The topological polar surface area (TPSA) is 111 Å². The van der Waals surface area contributed by atoms with E-state index in [9.17, 15) is 19.0 Å². The monoisotopic (exact) mass is 1030 g/mol. The third kappa shape index (κ3) is 52.1. The van der Waals surface area contributed by atoms with E-state index in [-0.39, 0.29) is 31.5 Å². The van der Waals surface area contributed by atoms with Gasteiger partial charge in [-0.3, -0.25) is 18.6 Å². The molecule has 0 aromatic heterocycles. The van der Waals surface area contributed by atoms with Crippen LogP contribution in [-0.2, 0) is 27.9 Å². The van der Waals surface area contributed by atoms with Crippen LogP contribution in [0, 0.1) is 0 Å². The Hall–Kier alpha value is -2.81. The minimum Gasteiger partial charge on any atom is -0.456 e.